The second-order valence-corrected chi connectivity index (χ2v) is 4.62. The van der Waals surface area contributed by atoms with Crippen LogP contribution in [0.2, 0.25) is 0 Å². The van der Waals surface area contributed by atoms with Crippen LogP contribution < -0.4 is 0 Å². The summed E-state index contributed by atoms with van der Waals surface area (Å²) in [5.41, 5.74) is 1.87. The third kappa shape index (κ3) is 2.71. The van der Waals surface area contributed by atoms with E-state index < -0.39 is 4.92 Å². The first-order chi connectivity index (χ1) is 9.50. The fraction of sp³-hybridized carbons (Fsp3) is 0.200. The van der Waals surface area contributed by atoms with Crippen LogP contribution in [0.3, 0.4) is 0 Å². The van der Waals surface area contributed by atoms with Crippen molar-refractivity contribution in [2.75, 3.05) is 0 Å². The summed E-state index contributed by atoms with van der Waals surface area (Å²) >= 11 is 0. The fourth-order valence-electron chi connectivity index (χ4n) is 2.07. The van der Waals surface area contributed by atoms with Crippen molar-refractivity contribution in [2.45, 2.75) is 19.8 Å². The van der Waals surface area contributed by atoms with Crippen LogP contribution >= 0.6 is 0 Å². The topological polar surface area (TPSA) is 73.1 Å². The molecule has 1 atom stereocenters. The molecule has 1 aromatic carbocycles. The second-order valence-electron chi connectivity index (χ2n) is 4.62. The molecule has 1 heterocycles. The number of Topliss-reactive ketones (excluding diaryl/α,β-unsaturated/α-hetero) is 1. The molecule has 0 aliphatic heterocycles. The van der Waals surface area contributed by atoms with Gasteiger partial charge in [0.25, 0.3) is 5.69 Å². The molecule has 0 saturated heterocycles. The van der Waals surface area contributed by atoms with E-state index in [1.54, 1.807) is 37.5 Å². The zero-order valence-electron chi connectivity index (χ0n) is 11.2. The molecule has 5 nitrogen and oxygen atoms in total. The number of hydrogen-bond donors (Lipinski definition) is 0. The number of ketones is 1. The SMILES string of the molecule is Cc1cc(C(=O)C(C)c2ccncc2)ccc1[N+](=O)[O-]. The Morgan fingerprint density at radius 3 is 2.45 bits per heavy atom. The number of carbonyl (C=O) groups excluding carboxylic acids is 1. The van der Waals surface area contributed by atoms with E-state index in [0.717, 1.165) is 5.56 Å². The van der Waals surface area contributed by atoms with E-state index in [9.17, 15) is 14.9 Å². The molecule has 0 saturated carbocycles. The van der Waals surface area contributed by atoms with Crippen molar-refractivity contribution < 1.29 is 9.72 Å². The summed E-state index contributed by atoms with van der Waals surface area (Å²) < 4.78 is 0. The molecule has 0 aliphatic rings. The van der Waals surface area contributed by atoms with Crippen LogP contribution in [0.1, 0.15) is 34.3 Å². The van der Waals surface area contributed by atoms with E-state index in [2.05, 4.69) is 4.98 Å². The normalized spacial score (nSPS) is 11.9. The maximum atomic E-state index is 12.4. The molecular weight excluding hydrogens is 256 g/mol. The Labute approximate surface area is 116 Å². The molecule has 0 spiro atoms. The first-order valence-electron chi connectivity index (χ1n) is 6.20. The Morgan fingerprint density at radius 1 is 1.25 bits per heavy atom. The molecule has 0 amide bonds. The van der Waals surface area contributed by atoms with Gasteiger partial charge in [-0.1, -0.05) is 6.92 Å². The molecular formula is C15H14N2O3. The molecule has 0 N–H and O–H groups in total. The lowest BCUT2D eigenvalue weighted by atomic mass is 9.92. The van der Waals surface area contributed by atoms with Crippen LogP contribution in [0.15, 0.2) is 42.7 Å². The van der Waals surface area contributed by atoms with Gasteiger partial charge in [-0.25, -0.2) is 0 Å². The van der Waals surface area contributed by atoms with Crippen LogP contribution in [0.25, 0.3) is 0 Å². The summed E-state index contributed by atoms with van der Waals surface area (Å²) in [6.45, 7) is 3.44. The molecule has 20 heavy (non-hydrogen) atoms. The van der Waals surface area contributed by atoms with Gasteiger partial charge in [0, 0.05) is 35.5 Å². The van der Waals surface area contributed by atoms with Gasteiger partial charge in [-0.05, 0) is 36.8 Å². The number of nitrogens with zero attached hydrogens (tertiary/aromatic N) is 2. The van der Waals surface area contributed by atoms with E-state index in [1.807, 2.05) is 6.92 Å². The number of rotatable bonds is 4. The summed E-state index contributed by atoms with van der Waals surface area (Å²) in [5, 5.41) is 10.8. The fourth-order valence-corrected chi connectivity index (χ4v) is 2.07. The minimum absolute atomic E-state index is 0.0260. The summed E-state index contributed by atoms with van der Waals surface area (Å²) in [6.07, 6.45) is 3.28. The van der Waals surface area contributed by atoms with E-state index in [0.29, 0.717) is 11.1 Å². The first-order valence-corrected chi connectivity index (χ1v) is 6.20. The van der Waals surface area contributed by atoms with Crippen molar-refractivity contribution in [3.8, 4) is 0 Å². The van der Waals surface area contributed by atoms with Crippen LogP contribution in [0.5, 0.6) is 0 Å². The van der Waals surface area contributed by atoms with Gasteiger partial charge in [-0.2, -0.15) is 0 Å². The summed E-state index contributed by atoms with van der Waals surface area (Å²) in [6, 6.07) is 8.03. The number of aromatic nitrogens is 1. The molecule has 0 radical (unpaired) electrons. The minimum atomic E-state index is -0.449. The standard InChI is InChI=1S/C15H14N2O3/c1-10-9-13(3-4-14(10)17(19)20)15(18)11(2)12-5-7-16-8-6-12/h3-9,11H,1-2H3. The molecule has 2 aromatic rings. The van der Waals surface area contributed by atoms with Gasteiger partial charge >= 0.3 is 0 Å². The monoisotopic (exact) mass is 270 g/mol. The Kier molecular flexibility index (Phi) is 3.89. The van der Waals surface area contributed by atoms with E-state index >= 15 is 0 Å². The summed E-state index contributed by atoms with van der Waals surface area (Å²) in [7, 11) is 0. The van der Waals surface area contributed by atoms with Crippen molar-refractivity contribution in [2.24, 2.45) is 0 Å². The largest absolute Gasteiger partial charge is 0.294 e. The van der Waals surface area contributed by atoms with Crippen molar-refractivity contribution in [1.82, 2.24) is 4.98 Å². The Morgan fingerprint density at radius 2 is 1.90 bits per heavy atom. The van der Waals surface area contributed by atoms with Gasteiger partial charge in [0.2, 0.25) is 0 Å². The maximum Gasteiger partial charge on any atom is 0.272 e. The van der Waals surface area contributed by atoms with Gasteiger partial charge in [0.1, 0.15) is 0 Å². The van der Waals surface area contributed by atoms with Crippen LogP contribution in [-0.2, 0) is 0 Å². The van der Waals surface area contributed by atoms with Crippen LogP contribution in [-0.4, -0.2) is 15.7 Å². The number of aryl methyl sites for hydroxylation is 1. The lowest BCUT2D eigenvalue weighted by molar-refractivity contribution is -0.385. The Bertz CT molecular complexity index is 653. The molecule has 0 bridgehead atoms. The smallest absolute Gasteiger partial charge is 0.272 e. The molecule has 1 aromatic heterocycles. The Balaban J connectivity index is 2.30. The molecule has 1 unspecified atom stereocenters. The molecule has 2 rings (SSSR count). The van der Waals surface area contributed by atoms with Crippen LogP contribution in [0, 0.1) is 17.0 Å². The van der Waals surface area contributed by atoms with Gasteiger partial charge in [-0.3, -0.25) is 19.9 Å². The van der Waals surface area contributed by atoms with E-state index in [-0.39, 0.29) is 17.4 Å². The number of benzene rings is 1. The van der Waals surface area contributed by atoms with Gasteiger partial charge < -0.3 is 0 Å². The van der Waals surface area contributed by atoms with Crippen molar-refractivity contribution >= 4 is 11.5 Å². The predicted octanol–water partition coefficient (Wildman–Crippen LogP) is 3.28. The number of hydrogen-bond acceptors (Lipinski definition) is 4. The Hall–Kier alpha value is -2.56. The predicted molar refractivity (Wildman–Crippen MR) is 74.8 cm³/mol. The summed E-state index contributed by atoms with van der Waals surface area (Å²) in [4.78, 5) is 26.6. The van der Waals surface area contributed by atoms with E-state index in [1.165, 1.54) is 12.1 Å². The zero-order chi connectivity index (χ0) is 14.7. The zero-order valence-corrected chi connectivity index (χ0v) is 11.2. The molecule has 102 valence electrons. The highest BCUT2D eigenvalue weighted by Crippen LogP contribution is 2.24. The van der Waals surface area contributed by atoms with Gasteiger partial charge in [0.05, 0.1) is 4.92 Å². The number of carbonyl (C=O) groups is 1. The van der Waals surface area contributed by atoms with Crippen molar-refractivity contribution in [3.05, 3.63) is 69.5 Å². The van der Waals surface area contributed by atoms with E-state index in [4.69, 9.17) is 0 Å². The number of pyridine rings is 1. The average Bonchev–Trinajstić information content (AvgIpc) is 2.46. The second kappa shape index (κ2) is 5.61. The first kappa shape index (κ1) is 13.9. The lowest BCUT2D eigenvalue weighted by Gasteiger charge is -2.11. The maximum absolute atomic E-state index is 12.4. The van der Waals surface area contributed by atoms with Crippen molar-refractivity contribution in [3.63, 3.8) is 0 Å². The number of nitro groups is 1. The quantitative estimate of drug-likeness (QED) is 0.485. The molecule has 5 heteroatoms. The highest BCUT2D eigenvalue weighted by atomic mass is 16.6. The molecule has 0 aliphatic carbocycles. The lowest BCUT2D eigenvalue weighted by Crippen LogP contribution is -2.10. The molecule has 0 fully saturated rings. The van der Waals surface area contributed by atoms with Gasteiger partial charge in [0.15, 0.2) is 5.78 Å². The minimum Gasteiger partial charge on any atom is -0.294 e. The van der Waals surface area contributed by atoms with Crippen molar-refractivity contribution in [1.29, 1.82) is 0 Å². The number of nitro benzene ring substituents is 1. The third-order valence-corrected chi connectivity index (χ3v) is 3.28. The third-order valence-electron chi connectivity index (χ3n) is 3.28. The highest BCUT2D eigenvalue weighted by molar-refractivity contribution is 6.01. The summed E-state index contributed by atoms with van der Waals surface area (Å²) in [5.74, 6) is -0.368. The van der Waals surface area contributed by atoms with Gasteiger partial charge in [-0.15, -0.1) is 0 Å². The average molecular weight is 270 g/mol. The van der Waals surface area contributed by atoms with Crippen LogP contribution in [0.4, 0.5) is 5.69 Å². The highest BCUT2D eigenvalue weighted by Gasteiger charge is 2.19.